The SMILES string of the molecule is Cc1cc(-c2nccs2)cc(F)n1. The summed E-state index contributed by atoms with van der Waals surface area (Å²) in [6.45, 7) is 1.76. The molecule has 0 N–H and O–H groups in total. The number of halogens is 1. The molecule has 0 aromatic carbocycles. The van der Waals surface area contributed by atoms with E-state index in [1.807, 2.05) is 11.4 Å². The van der Waals surface area contributed by atoms with Crippen molar-refractivity contribution in [2.45, 2.75) is 6.92 Å². The Labute approximate surface area is 79.1 Å². The van der Waals surface area contributed by atoms with Crippen molar-refractivity contribution in [2.24, 2.45) is 0 Å². The van der Waals surface area contributed by atoms with Gasteiger partial charge in [-0.05, 0) is 13.0 Å². The van der Waals surface area contributed by atoms with Gasteiger partial charge in [0.25, 0.3) is 0 Å². The number of thiazole rings is 1. The third kappa shape index (κ3) is 1.72. The molecule has 0 unspecified atom stereocenters. The minimum Gasteiger partial charge on any atom is -0.245 e. The average Bonchev–Trinajstić information content (AvgIpc) is 2.53. The number of hydrogen-bond donors (Lipinski definition) is 0. The van der Waals surface area contributed by atoms with Crippen molar-refractivity contribution in [3.8, 4) is 10.6 Å². The molecule has 0 saturated heterocycles. The lowest BCUT2D eigenvalue weighted by atomic mass is 10.2. The number of pyridine rings is 1. The first-order valence-corrected chi connectivity index (χ1v) is 4.68. The van der Waals surface area contributed by atoms with Gasteiger partial charge in [-0.2, -0.15) is 4.39 Å². The highest BCUT2D eigenvalue weighted by Gasteiger charge is 2.03. The van der Waals surface area contributed by atoms with E-state index in [0.29, 0.717) is 5.69 Å². The fourth-order valence-electron chi connectivity index (χ4n) is 1.12. The highest BCUT2D eigenvalue weighted by atomic mass is 32.1. The Bertz CT molecular complexity index is 391. The zero-order chi connectivity index (χ0) is 9.26. The fourth-order valence-corrected chi connectivity index (χ4v) is 1.74. The molecular weight excluding hydrogens is 187 g/mol. The van der Waals surface area contributed by atoms with Gasteiger partial charge in [-0.25, -0.2) is 9.97 Å². The average molecular weight is 194 g/mol. The van der Waals surface area contributed by atoms with Gasteiger partial charge in [0.1, 0.15) is 5.01 Å². The minimum atomic E-state index is -0.454. The maximum Gasteiger partial charge on any atom is 0.213 e. The van der Waals surface area contributed by atoms with Crippen molar-refractivity contribution in [1.29, 1.82) is 0 Å². The highest BCUT2D eigenvalue weighted by molar-refractivity contribution is 7.13. The van der Waals surface area contributed by atoms with Gasteiger partial charge in [-0.3, -0.25) is 0 Å². The Balaban J connectivity index is 2.53. The first-order valence-electron chi connectivity index (χ1n) is 3.80. The lowest BCUT2D eigenvalue weighted by Gasteiger charge is -1.97. The van der Waals surface area contributed by atoms with Gasteiger partial charge in [-0.15, -0.1) is 11.3 Å². The van der Waals surface area contributed by atoms with E-state index in [0.717, 1.165) is 10.6 Å². The largest absolute Gasteiger partial charge is 0.245 e. The molecule has 2 aromatic rings. The molecule has 4 heteroatoms. The minimum absolute atomic E-state index is 0.454. The standard InChI is InChI=1S/C9H7FN2S/c1-6-4-7(5-8(10)12-6)9-11-2-3-13-9/h2-5H,1H3. The van der Waals surface area contributed by atoms with E-state index in [9.17, 15) is 4.39 Å². The summed E-state index contributed by atoms with van der Waals surface area (Å²) in [4.78, 5) is 7.75. The first-order chi connectivity index (χ1) is 6.25. The van der Waals surface area contributed by atoms with Gasteiger partial charge in [0.05, 0.1) is 0 Å². The van der Waals surface area contributed by atoms with Gasteiger partial charge in [-0.1, -0.05) is 0 Å². The predicted octanol–water partition coefficient (Wildman–Crippen LogP) is 2.65. The van der Waals surface area contributed by atoms with Crippen molar-refractivity contribution in [2.75, 3.05) is 0 Å². The Morgan fingerprint density at radius 1 is 1.38 bits per heavy atom. The summed E-state index contributed by atoms with van der Waals surface area (Å²) < 4.78 is 12.9. The second-order valence-electron chi connectivity index (χ2n) is 2.66. The van der Waals surface area contributed by atoms with Crippen LogP contribution in [0.4, 0.5) is 4.39 Å². The van der Waals surface area contributed by atoms with Crippen molar-refractivity contribution >= 4 is 11.3 Å². The summed E-state index contributed by atoms with van der Waals surface area (Å²) in [5.41, 5.74) is 1.46. The summed E-state index contributed by atoms with van der Waals surface area (Å²) in [7, 11) is 0. The summed E-state index contributed by atoms with van der Waals surface area (Å²) in [6.07, 6.45) is 1.70. The summed E-state index contributed by atoms with van der Waals surface area (Å²) in [5, 5.41) is 2.69. The Hall–Kier alpha value is -1.29. The smallest absolute Gasteiger partial charge is 0.213 e. The molecular formula is C9H7FN2S. The van der Waals surface area contributed by atoms with Crippen LogP contribution >= 0.6 is 11.3 Å². The second kappa shape index (κ2) is 3.22. The number of aromatic nitrogens is 2. The fraction of sp³-hybridized carbons (Fsp3) is 0.111. The van der Waals surface area contributed by atoms with Crippen LogP contribution in [0.2, 0.25) is 0 Å². The van der Waals surface area contributed by atoms with E-state index in [4.69, 9.17) is 0 Å². The third-order valence-corrected chi connectivity index (χ3v) is 2.42. The molecule has 0 saturated carbocycles. The summed E-state index contributed by atoms with van der Waals surface area (Å²) in [5.74, 6) is -0.454. The van der Waals surface area contributed by atoms with E-state index < -0.39 is 5.95 Å². The number of hydrogen-bond acceptors (Lipinski definition) is 3. The molecule has 0 spiro atoms. The molecule has 2 rings (SSSR count). The van der Waals surface area contributed by atoms with Crippen LogP contribution in [0.15, 0.2) is 23.7 Å². The molecule has 0 aliphatic rings. The van der Waals surface area contributed by atoms with Crippen molar-refractivity contribution < 1.29 is 4.39 Å². The molecule has 66 valence electrons. The van der Waals surface area contributed by atoms with Crippen LogP contribution in [0.3, 0.4) is 0 Å². The molecule has 2 aromatic heterocycles. The molecule has 0 atom stereocenters. The molecule has 2 nitrogen and oxygen atoms in total. The van der Waals surface area contributed by atoms with Crippen LogP contribution in [0.25, 0.3) is 10.6 Å². The zero-order valence-corrected chi connectivity index (χ0v) is 7.81. The van der Waals surface area contributed by atoms with Crippen LogP contribution in [0.1, 0.15) is 5.69 Å². The highest BCUT2D eigenvalue weighted by Crippen LogP contribution is 2.22. The molecule has 0 fully saturated rings. The van der Waals surface area contributed by atoms with Crippen molar-refractivity contribution in [3.63, 3.8) is 0 Å². The van der Waals surface area contributed by atoms with Crippen LogP contribution in [0.5, 0.6) is 0 Å². The Morgan fingerprint density at radius 3 is 2.85 bits per heavy atom. The topological polar surface area (TPSA) is 25.8 Å². The number of rotatable bonds is 1. The van der Waals surface area contributed by atoms with E-state index >= 15 is 0 Å². The Kier molecular flexibility index (Phi) is 2.06. The normalized spacial score (nSPS) is 10.3. The van der Waals surface area contributed by atoms with Crippen molar-refractivity contribution in [3.05, 3.63) is 35.4 Å². The third-order valence-electron chi connectivity index (χ3n) is 1.60. The monoisotopic (exact) mass is 194 g/mol. The van der Waals surface area contributed by atoms with E-state index in [2.05, 4.69) is 9.97 Å². The lowest BCUT2D eigenvalue weighted by Crippen LogP contribution is -1.88. The van der Waals surface area contributed by atoms with E-state index in [1.165, 1.54) is 17.4 Å². The van der Waals surface area contributed by atoms with Crippen LogP contribution < -0.4 is 0 Å². The molecule has 0 bridgehead atoms. The van der Waals surface area contributed by atoms with E-state index in [-0.39, 0.29) is 0 Å². The van der Waals surface area contributed by atoms with Crippen LogP contribution in [-0.2, 0) is 0 Å². The molecule has 0 amide bonds. The molecule has 0 aliphatic carbocycles. The van der Waals surface area contributed by atoms with Gasteiger partial charge in [0.2, 0.25) is 5.95 Å². The molecule has 2 heterocycles. The second-order valence-corrected chi connectivity index (χ2v) is 3.55. The van der Waals surface area contributed by atoms with Gasteiger partial charge >= 0.3 is 0 Å². The maximum atomic E-state index is 12.9. The first kappa shape index (κ1) is 8.31. The quantitative estimate of drug-likeness (QED) is 0.652. The number of aryl methyl sites for hydroxylation is 1. The van der Waals surface area contributed by atoms with Crippen LogP contribution in [0, 0.1) is 12.9 Å². The van der Waals surface area contributed by atoms with Gasteiger partial charge < -0.3 is 0 Å². The van der Waals surface area contributed by atoms with Crippen LogP contribution in [-0.4, -0.2) is 9.97 Å². The summed E-state index contributed by atoms with van der Waals surface area (Å²) in [6, 6.07) is 3.22. The summed E-state index contributed by atoms with van der Waals surface area (Å²) >= 11 is 1.49. The van der Waals surface area contributed by atoms with Gasteiger partial charge in [0.15, 0.2) is 0 Å². The molecule has 0 aliphatic heterocycles. The number of nitrogens with zero attached hydrogens (tertiary/aromatic N) is 2. The maximum absolute atomic E-state index is 12.9. The van der Waals surface area contributed by atoms with Gasteiger partial charge in [0, 0.05) is 28.9 Å². The molecule has 13 heavy (non-hydrogen) atoms. The van der Waals surface area contributed by atoms with Crippen molar-refractivity contribution in [1.82, 2.24) is 9.97 Å². The van der Waals surface area contributed by atoms with E-state index in [1.54, 1.807) is 13.1 Å². The predicted molar refractivity (Wildman–Crippen MR) is 50.0 cm³/mol. The lowest BCUT2D eigenvalue weighted by molar-refractivity contribution is 0.580. The zero-order valence-electron chi connectivity index (χ0n) is 6.99. The Morgan fingerprint density at radius 2 is 2.23 bits per heavy atom. The molecule has 0 radical (unpaired) electrons.